The molecule has 0 radical (unpaired) electrons. The molecule has 2 amide bonds. The van der Waals surface area contributed by atoms with Crippen LogP contribution in [0.4, 0.5) is 11.4 Å². The van der Waals surface area contributed by atoms with Gasteiger partial charge in [-0.3, -0.25) is 24.0 Å². The van der Waals surface area contributed by atoms with Crippen molar-refractivity contribution < 1.29 is 22.9 Å². The third-order valence-corrected chi connectivity index (χ3v) is 8.54. The van der Waals surface area contributed by atoms with E-state index < -0.39 is 33.4 Å². The van der Waals surface area contributed by atoms with Gasteiger partial charge < -0.3 is 10.2 Å². The maximum Gasteiger partial charge on any atom is 0.271 e. The highest BCUT2D eigenvalue weighted by molar-refractivity contribution is 9.10. The monoisotopic (exact) mass is 658 g/mol. The molecule has 0 aromatic heterocycles. The van der Waals surface area contributed by atoms with Crippen molar-refractivity contribution in [2.45, 2.75) is 52.2 Å². The van der Waals surface area contributed by atoms with Crippen LogP contribution in [0.25, 0.3) is 0 Å². The van der Waals surface area contributed by atoms with Gasteiger partial charge in [-0.1, -0.05) is 71.4 Å². The molecule has 0 heterocycles. The third kappa shape index (κ3) is 8.86. The molecule has 12 heteroatoms. The number of nitrogens with zero attached hydrogens (tertiary/aromatic N) is 3. The molecule has 0 aliphatic heterocycles. The van der Waals surface area contributed by atoms with Gasteiger partial charge in [0, 0.05) is 35.6 Å². The van der Waals surface area contributed by atoms with Crippen LogP contribution in [0.5, 0.6) is 0 Å². The standard InChI is InChI=1S/C30H35BrN4O6S/c1-5-22(3)32-30(37)28(17-23-9-7-6-8-10-23)33(19-24-12-14-25(31)15-13-24)29(36)20-34(42(4,40)41)27-18-26(35(38)39)16-11-21(27)2/h6-16,18,22,28H,5,17,19-20H2,1-4H3,(H,32,37)/t22-,28+/m0/s1. The van der Waals surface area contributed by atoms with Gasteiger partial charge in [0.2, 0.25) is 21.8 Å². The number of carbonyl (C=O) groups excluding carboxylic acids is 2. The zero-order valence-corrected chi connectivity index (χ0v) is 26.4. The van der Waals surface area contributed by atoms with E-state index >= 15 is 0 Å². The first-order chi connectivity index (χ1) is 19.8. The molecule has 42 heavy (non-hydrogen) atoms. The van der Waals surface area contributed by atoms with Crippen LogP contribution in [0, 0.1) is 17.0 Å². The fourth-order valence-electron chi connectivity index (χ4n) is 4.36. The lowest BCUT2D eigenvalue weighted by Crippen LogP contribution is -2.54. The van der Waals surface area contributed by atoms with Crippen molar-refractivity contribution in [1.82, 2.24) is 10.2 Å². The van der Waals surface area contributed by atoms with Crippen molar-refractivity contribution in [3.05, 3.63) is 104 Å². The highest BCUT2D eigenvalue weighted by Crippen LogP contribution is 2.28. The largest absolute Gasteiger partial charge is 0.352 e. The summed E-state index contributed by atoms with van der Waals surface area (Å²) in [6.07, 6.45) is 1.81. The van der Waals surface area contributed by atoms with E-state index in [1.54, 1.807) is 6.92 Å². The van der Waals surface area contributed by atoms with Gasteiger partial charge in [-0.2, -0.15) is 0 Å². The van der Waals surface area contributed by atoms with Crippen LogP contribution in [-0.2, 0) is 32.6 Å². The molecule has 0 aliphatic carbocycles. The molecule has 10 nitrogen and oxygen atoms in total. The van der Waals surface area contributed by atoms with Gasteiger partial charge in [0.25, 0.3) is 5.69 Å². The summed E-state index contributed by atoms with van der Waals surface area (Å²) < 4.78 is 27.7. The first-order valence-corrected chi connectivity index (χ1v) is 16.0. The number of hydrogen-bond acceptors (Lipinski definition) is 6. The lowest BCUT2D eigenvalue weighted by molar-refractivity contribution is -0.384. The molecule has 0 saturated carbocycles. The van der Waals surface area contributed by atoms with Crippen LogP contribution in [-0.4, -0.2) is 54.9 Å². The molecule has 0 fully saturated rings. The number of sulfonamides is 1. The number of nitro benzene ring substituents is 1. The number of halogens is 1. The van der Waals surface area contributed by atoms with E-state index in [4.69, 9.17) is 0 Å². The number of hydrogen-bond donors (Lipinski definition) is 1. The van der Waals surface area contributed by atoms with Gasteiger partial charge in [0.1, 0.15) is 12.6 Å². The maximum absolute atomic E-state index is 14.2. The minimum atomic E-state index is -4.06. The van der Waals surface area contributed by atoms with Gasteiger partial charge >= 0.3 is 0 Å². The number of anilines is 1. The normalized spacial score (nSPS) is 12.7. The Morgan fingerprint density at radius 3 is 2.24 bits per heavy atom. The molecule has 0 unspecified atom stereocenters. The quantitative estimate of drug-likeness (QED) is 0.204. The Hall–Kier alpha value is -3.77. The Labute approximate surface area is 255 Å². The molecular formula is C30H35BrN4O6S. The van der Waals surface area contributed by atoms with Gasteiger partial charge in [0.05, 0.1) is 16.9 Å². The van der Waals surface area contributed by atoms with Crippen LogP contribution in [0.3, 0.4) is 0 Å². The molecule has 0 bridgehead atoms. The first kappa shape index (κ1) is 32.7. The number of nitrogens with one attached hydrogen (secondary N) is 1. The Kier molecular flexibility index (Phi) is 11.2. The van der Waals surface area contributed by atoms with Crippen molar-refractivity contribution >= 4 is 49.1 Å². The van der Waals surface area contributed by atoms with Gasteiger partial charge in [0.15, 0.2) is 0 Å². The number of nitro groups is 1. The maximum atomic E-state index is 14.2. The molecule has 3 aromatic carbocycles. The Bertz CT molecular complexity index is 1520. The number of benzene rings is 3. The Morgan fingerprint density at radius 1 is 1.02 bits per heavy atom. The van der Waals surface area contributed by atoms with Crippen LogP contribution in [0.2, 0.25) is 0 Å². The molecule has 0 aliphatic rings. The Balaban J connectivity index is 2.10. The van der Waals surface area contributed by atoms with Crippen molar-refractivity contribution in [3.8, 4) is 0 Å². The Morgan fingerprint density at radius 2 is 1.67 bits per heavy atom. The van der Waals surface area contributed by atoms with Crippen molar-refractivity contribution in [2.75, 3.05) is 17.1 Å². The van der Waals surface area contributed by atoms with E-state index in [9.17, 15) is 28.1 Å². The molecule has 1 N–H and O–H groups in total. The average Bonchev–Trinajstić information content (AvgIpc) is 2.94. The summed E-state index contributed by atoms with van der Waals surface area (Å²) in [4.78, 5) is 40.1. The van der Waals surface area contributed by atoms with E-state index in [0.29, 0.717) is 12.0 Å². The van der Waals surface area contributed by atoms with Gasteiger partial charge in [-0.25, -0.2) is 8.42 Å². The lowest BCUT2D eigenvalue weighted by atomic mass is 10.0. The molecule has 3 aromatic rings. The van der Waals surface area contributed by atoms with Crippen LogP contribution in [0.1, 0.15) is 37.0 Å². The SMILES string of the molecule is CC[C@H](C)NC(=O)[C@@H](Cc1ccccc1)N(Cc1ccc(Br)cc1)C(=O)CN(c1cc([N+](=O)[O-])ccc1C)S(C)(=O)=O. The summed E-state index contributed by atoms with van der Waals surface area (Å²) in [5.74, 6) is -0.995. The van der Waals surface area contributed by atoms with Crippen LogP contribution < -0.4 is 9.62 Å². The summed E-state index contributed by atoms with van der Waals surface area (Å²) >= 11 is 3.41. The van der Waals surface area contributed by atoms with Crippen molar-refractivity contribution in [2.24, 2.45) is 0 Å². The minimum Gasteiger partial charge on any atom is -0.352 e. The van der Waals surface area contributed by atoms with Crippen LogP contribution in [0.15, 0.2) is 77.3 Å². The van der Waals surface area contributed by atoms with E-state index in [-0.39, 0.29) is 36.3 Å². The zero-order valence-electron chi connectivity index (χ0n) is 24.0. The summed E-state index contributed by atoms with van der Waals surface area (Å²) in [7, 11) is -4.06. The predicted molar refractivity (Wildman–Crippen MR) is 167 cm³/mol. The highest BCUT2D eigenvalue weighted by Gasteiger charge is 2.34. The molecule has 3 rings (SSSR count). The van der Waals surface area contributed by atoms with E-state index in [2.05, 4.69) is 21.2 Å². The van der Waals surface area contributed by atoms with Crippen LogP contribution >= 0.6 is 15.9 Å². The zero-order chi connectivity index (χ0) is 31.0. The highest BCUT2D eigenvalue weighted by atomic mass is 79.9. The second-order valence-electron chi connectivity index (χ2n) is 10.2. The summed E-state index contributed by atoms with van der Waals surface area (Å²) in [6.45, 7) is 4.80. The number of rotatable bonds is 13. The van der Waals surface area contributed by atoms with Crippen molar-refractivity contribution in [1.29, 1.82) is 0 Å². The number of aryl methyl sites for hydroxylation is 1. The van der Waals surface area contributed by atoms with E-state index in [1.165, 1.54) is 17.0 Å². The van der Waals surface area contributed by atoms with E-state index in [1.807, 2.05) is 68.4 Å². The van der Waals surface area contributed by atoms with E-state index in [0.717, 1.165) is 32.2 Å². The fraction of sp³-hybridized carbons (Fsp3) is 0.333. The molecule has 224 valence electrons. The minimum absolute atomic E-state index is 0.0207. The third-order valence-electron chi connectivity index (χ3n) is 6.89. The summed E-state index contributed by atoms with van der Waals surface area (Å²) in [6, 6.07) is 19.3. The number of carbonyl (C=O) groups is 2. The molecule has 2 atom stereocenters. The number of non-ortho nitro benzene ring substituents is 1. The second-order valence-corrected chi connectivity index (χ2v) is 13.0. The topological polar surface area (TPSA) is 130 Å². The van der Waals surface area contributed by atoms with Crippen molar-refractivity contribution in [3.63, 3.8) is 0 Å². The molecule has 0 saturated heterocycles. The lowest BCUT2D eigenvalue weighted by Gasteiger charge is -2.34. The predicted octanol–water partition coefficient (Wildman–Crippen LogP) is 4.99. The summed E-state index contributed by atoms with van der Waals surface area (Å²) in [5, 5.41) is 14.4. The second kappa shape index (κ2) is 14.4. The molecule has 0 spiro atoms. The van der Waals surface area contributed by atoms with Gasteiger partial charge in [-0.05, 0) is 49.1 Å². The number of amides is 2. The average molecular weight is 660 g/mol. The molecular weight excluding hydrogens is 624 g/mol. The summed E-state index contributed by atoms with van der Waals surface area (Å²) in [5.41, 5.74) is 1.71. The smallest absolute Gasteiger partial charge is 0.271 e. The van der Waals surface area contributed by atoms with Gasteiger partial charge in [-0.15, -0.1) is 0 Å². The first-order valence-electron chi connectivity index (χ1n) is 13.4. The fourth-order valence-corrected chi connectivity index (χ4v) is 5.52.